The first-order valence-electron chi connectivity index (χ1n) is 11.9. The molecule has 0 aliphatic rings. The summed E-state index contributed by atoms with van der Waals surface area (Å²) in [7, 11) is 3.14. The van der Waals surface area contributed by atoms with Gasteiger partial charge in [0.1, 0.15) is 12.4 Å². The molecular formula is C31H30N2O4. The third-order valence-corrected chi connectivity index (χ3v) is 5.93. The van der Waals surface area contributed by atoms with Crippen molar-refractivity contribution in [2.75, 3.05) is 14.2 Å². The third kappa shape index (κ3) is 6.16. The molecule has 1 N–H and O–H groups in total. The average molecular weight is 495 g/mol. The minimum absolute atomic E-state index is 0.366. The number of ether oxygens (including phenoxy) is 3. The van der Waals surface area contributed by atoms with Crippen LogP contribution in [0.15, 0.2) is 90.6 Å². The molecule has 6 nitrogen and oxygen atoms in total. The van der Waals surface area contributed by atoms with Gasteiger partial charge in [-0.15, -0.1) is 6.58 Å². The van der Waals surface area contributed by atoms with Crippen molar-refractivity contribution in [3.05, 3.63) is 113 Å². The van der Waals surface area contributed by atoms with Crippen LogP contribution in [0.25, 0.3) is 10.8 Å². The van der Waals surface area contributed by atoms with Gasteiger partial charge in [-0.25, -0.2) is 5.43 Å². The lowest BCUT2D eigenvalue weighted by Gasteiger charge is -2.16. The minimum Gasteiger partial charge on any atom is -0.496 e. The molecule has 0 unspecified atom stereocenters. The number of benzene rings is 4. The summed E-state index contributed by atoms with van der Waals surface area (Å²) in [5.74, 6) is 1.35. The summed E-state index contributed by atoms with van der Waals surface area (Å²) in [5, 5.41) is 6.11. The Balaban J connectivity index is 1.53. The summed E-state index contributed by atoms with van der Waals surface area (Å²) in [5.41, 5.74) is 6.93. The Bertz CT molecular complexity index is 1440. The number of carbonyl (C=O) groups is 1. The van der Waals surface area contributed by atoms with Gasteiger partial charge in [0, 0.05) is 5.56 Å². The van der Waals surface area contributed by atoms with Crippen LogP contribution in [0.5, 0.6) is 17.2 Å². The molecule has 4 aromatic carbocycles. The van der Waals surface area contributed by atoms with Crippen LogP contribution in [-0.4, -0.2) is 26.3 Å². The van der Waals surface area contributed by atoms with E-state index in [0.717, 1.165) is 27.5 Å². The monoisotopic (exact) mass is 494 g/mol. The summed E-state index contributed by atoms with van der Waals surface area (Å²) >= 11 is 0. The first kappa shape index (κ1) is 25.5. The lowest BCUT2D eigenvalue weighted by atomic mass is 10.1. The number of allylic oxidation sites excluding steroid dienone is 1. The molecule has 0 atom stereocenters. The van der Waals surface area contributed by atoms with Crippen LogP contribution in [-0.2, 0) is 13.0 Å². The van der Waals surface area contributed by atoms with Gasteiger partial charge in [0.15, 0.2) is 11.5 Å². The highest BCUT2D eigenvalue weighted by atomic mass is 16.5. The largest absolute Gasteiger partial charge is 0.496 e. The van der Waals surface area contributed by atoms with Gasteiger partial charge in [0.2, 0.25) is 0 Å². The van der Waals surface area contributed by atoms with Crippen LogP contribution in [0, 0.1) is 6.92 Å². The van der Waals surface area contributed by atoms with E-state index in [1.807, 2.05) is 60.7 Å². The van der Waals surface area contributed by atoms with Crippen molar-refractivity contribution >= 4 is 22.9 Å². The number of fused-ring (bicyclic) bond motifs is 1. The highest BCUT2D eigenvalue weighted by molar-refractivity contribution is 6.02. The number of carbonyl (C=O) groups excluding carboxylic acids is 1. The van der Waals surface area contributed by atoms with E-state index in [-0.39, 0.29) is 5.91 Å². The molecule has 37 heavy (non-hydrogen) atoms. The number of amides is 1. The Kier molecular flexibility index (Phi) is 8.21. The van der Waals surface area contributed by atoms with E-state index in [0.29, 0.717) is 35.8 Å². The van der Waals surface area contributed by atoms with E-state index in [1.54, 1.807) is 26.5 Å². The molecule has 188 valence electrons. The van der Waals surface area contributed by atoms with Crippen LogP contribution in [0.3, 0.4) is 0 Å². The van der Waals surface area contributed by atoms with Crippen molar-refractivity contribution in [2.45, 2.75) is 20.0 Å². The summed E-state index contributed by atoms with van der Waals surface area (Å²) in [4.78, 5) is 12.9. The average Bonchev–Trinajstić information content (AvgIpc) is 2.92. The molecule has 4 rings (SSSR count). The topological polar surface area (TPSA) is 69.2 Å². The summed E-state index contributed by atoms with van der Waals surface area (Å²) in [6.45, 7) is 6.34. The fraction of sp³-hybridized carbons (Fsp3) is 0.161. The quantitative estimate of drug-likeness (QED) is 0.161. The van der Waals surface area contributed by atoms with Crippen molar-refractivity contribution in [2.24, 2.45) is 5.10 Å². The van der Waals surface area contributed by atoms with E-state index in [9.17, 15) is 4.79 Å². The second kappa shape index (κ2) is 11.9. The molecule has 0 aromatic heterocycles. The SMILES string of the molecule is C=CCc1cc(/C=N\NC(=O)c2cc3ccccc3cc2OC)cc(OC)c1OCc1ccc(C)cc1. The maximum Gasteiger partial charge on any atom is 0.275 e. The van der Waals surface area contributed by atoms with Gasteiger partial charge in [-0.05, 0) is 59.5 Å². The first-order valence-corrected chi connectivity index (χ1v) is 11.9. The minimum atomic E-state index is -0.366. The van der Waals surface area contributed by atoms with Crippen molar-refractivity contribution in [1.29, 1.82) is 0 Å². The number of hydrogen-bond acceptors (Lipinski definition) is 5. The molecule has 0 aliphatic carbocycles. The number of hydrogen-bond donors (Lipinski definition) is 1. The number of hydrazone groups is 1. The lowest BCUT2D eigenvalue weighted by molar-refractivity contribution is 0.0952. The number of nitrogens with zero attached hydrogens (tertiary/aromatic N) is 1. The molecule has 0 aliphatic heterocycles. The normalized spacial score (nSPS) is 10.9. The van der Waals surface area contributed by atoms with Gasteiger partial charge in [-0.2, -0.15) is 5.10 Å². The molecule has 0 saturated carbocycles. The number of nitrogens with one attached hydrogen (secondary N) is 1. The van der Waals surface area contributed by atoms with Gasteiger partial charge in [0.05, 0.1) is 26.0 Å². The number of methoxy groups -OCH3 is 2. The smallest absolute Gasteiger partial charge is 0.275 e. The van der Waals surface area contributed by atoms with Gasteiger partial charge in [-0.1, -0.05) is 60.2 Å². The zero-order valence-corrected chi connectivity index (χ0v) is 21.3. The van der Waals surface area contributed by atoms with E-state index in [1.165, 1.54) is 5.56 Å². The van der Waals surface area contributed by atoms with Crippen LogP contribution >= 0.6 is 0 Å². The van der Waals surface area contributed by atoms with E-state index in [4.69, 9.17) is 14.2 Å². The van der Waals surface area contributed by atoms with Crippen molar-refractivity contribution in [1.82, 2.24) is 5.43 Å². The number of aryl methyl sites for hydroxylation is 1. The number of rotatable bonds is 10. The predicted molar refractivity (Wildman–Crippen MR) is 148 cm³/mol. The predicted octanol–water partition coefficient (Wildman–Crippen LogP) is 6.24. The molecule has 0 spiro atoms. The molecule has 0 saturated heterocycles. The van der Waals surface area contributed by atoms with E-state index < -0.39 is 0 Å². The van der Waals surface area contributed by atoms with Crippen molar-refractivity contribution in [3.8, 4) is 17.2 Å². The Morgan fingerprint density at radius 2 is 1.65 bits per heavy atom. The van der Waals surface area contributed by atoms with Crippen LogP contribution < -0.4 is 19.6 Å². The summed E-state index contributed by atoms with van der Waals surface area (Å²) in [6, 6.07) is 23.4. The fourth-order valence-electron chi connectivity index (χ4n) is 4.01. The third-order valence-electron chi connectivity index (χ3n) is 5.93. The Labute approximate surface area is 217 Å². The van der Waals surface area contributed by atoms with Crippen LogP contribution in [0.1, 0.15) is 32.6 Å². The van der Waals surface area contributed by atoms with Crippen LogP contribution in [0.2, 0.25) is 0 Å². The Morgan fingerprint density at radius 3 is 2.32 bits per heavy atom. The van der Waals surface area contributed by atoms with Crippen molar-refractivity contribution in [3.63, 3.8) is 0 Å². The zero-order chi connectivity index (χ0) is 26.2. The molecule has 1 amide bonds. The second-order valence-corrected chi connectivity index (χ2v) is 8.58. The molecule has 0 radical (unpaired) electrons. The van der Waals surface area contributed by atoms with Gasteiger partial charge in [-0.3, -0.25) is 4.79 Å². The molecule has 0 bridgehead atoms. The highest BCUT2D eigenvalue weighted by Crippen LogP contribution is 2.34. The maximum absolute atomic E-state index is 12.9. The molecule has 6 heteroatoms. The maximum atomic E-state index is 12.9. The standard InChI is InChI=1S/C31H30N2O4/c1-5-8-26-15-23(16-29(36-4)30(26)37-20-22-13-11-21(2)12-14-22)19-32-33-31(34)27-17-24-9-6-7-10-25(24)18-28(27)35-3/h5-7,9-19H,1,8,20H2,2-4H3,(H,33,34)/b32-19-. The fourth-order valence-corrected chi connectivity index (χ4v) is 4.01. The Hall–Kier alpha value is -4.58. The highest BCUT2D eigenvalue weighted by Gasteiger charge is 2.15. The molecule has 0 heterocycles. The van der Waals surface area contributed by atoms with Gasteiger partial charge in [0.25, 0.3) is 5.91 Å². The molecule has 0 fully saturated rings. The lowest BCUT2D eigenvalue weighted by Crippen LogP contribution is -2.18. The second-order valence-electron chi connectivity index (χ2n) is 8.58. The van der Waals surface area contributed by atoms with Crippen LogP contribution in [0.4, 0.5) is 0 Å². The Morgan fingerprint density at radius 1 is 0.946 bits per heavy atom. The van der Waals surface area contributed by atoms with E-state index >= 15 is 0 Å². The first-order chi connectivity index (χ1) is 18.0. The van der Waals surface area contributed by atoms with Crippen molar-refractivity contribution < 1.29 is 19.0 Å². The van der Waals surface area contributed by atoms with E-state index in [2.05, 4.69) is 36.2 Å². The van der Waals surface area contributed by atoms with Gasteiger partial charge < -0.3 is 14.2 Å². The molecular weight excluding hydrogens is 464 g/mol. The summed E-state index contributed by atoms with van der Waals surface area (Å²) in [6.07, 6.45) is 3.97. The summed E-state index contributed by atoms with van der Waals surface area (Å²) < 4.78 is 17.2. The van der Waals surface area contributed by atoms with Gasteiger partial charge >= 0.3 is 0 Å². The zero-order valence-electron chi connectivity index (χ0n) is 21.3. The molecule has 4 aromatic rings.